The summed E-state index contributed by atoms with van der Waals surface area (Å²) in [5.41, 5.74) is 0.0944. The van der Waals surface area contributed by atoms with Crippen molar-refractivity contribution in [2.24, 2.45) is 0 Å². The maximum Gasteiger partial charge on any atom is 0.135 e. The molecule has 0 amide bonds. The van der Waals surface area contributed by atoms with Crippen LogP contribution in [-0.4, -0.2) is 41.0 Å². The van der Waals surface area contributed by atoms with Crippen LogP contribution in [0.4, 0.5) is 5.82 Å². The van der Waals surface area contributed by atoms with Gasteiger partial charge < -0.3 is 10.2 Å². The zero-order valence-corrected chi connectivity index (χ0v) is 13.1. The van der Waals surface area contributed by atoms with E-state index in [2.05, 4.69) is 64.1 Å². The van der Waals surface area contributed by atoms with E-state index in [-0.39, 0.29) is 5.54 Å². The lowest BCUT2D eigenvalue weighted by atomic mass is 10.0. The molecular weight excluding hydrogens is 292 g/mol. The molecular formula is C13H21BrN4. The number of anilines is 1. The van der Waals surface area contributed by atoms with E-state index in [9.17, 15) is 0 Å². The smallest absolute Gasteiger partial charge is 0.135 e. The van der Waals surface area contributed by atoms with Crippen LogP contribution >= 0.6 is 15.9 Å². The van der Waals surface area contributed by atoms with Gasteiger partial charge in [-0.3, -0.25) is 0 Å². The van der Waals surface area contributed by atoms with Crippen molar-refractivity contribution in [3.8, 4) is 0 Å². The number of hydrogen-bond acceptors (Lipinski definition) is 4. The van der Waals surface area contributed by atoms with Gasteiger partial charge in [0.05, 0.1) is 0 Å². The van der Waals surface area contributed by atoms with Crippen LogP contribution in [0.5, 0.6) is 0 Å². The quantitative estimate of drug-likeness (QED) is 0.849. The highest BCUT2D eigenvalue weighted by Gasteiger charge is 2.27. The van der Waals surface area contributed by atoms with Gasteiger partial charge in [0.1, 0.15) is 16.2 Å². The normalized spacial score (nSPS) is 16.1. The van der Waals surface area contributed by atoms with Crippen molar-refractivity contribution < 1.29 is 0 Å². The highest BCUT2D eigenvalue weighted by molar-refractivity contribution is 9.10. The van der Waals surface area contributed by atoms with Gasteiger partial charge in [-0.25, -0.2) is 9.97 Å². The predicted octanol–water partition coefficient (Wildman–Crippen LogP) is 2.87. The lowest BCUT2D eigenvalue weighted by Gasteiger charge is -2.32. The number of aromatic nitrogens is 2. The molecule has 1 aliphatic rings. The molecule has 1 N–H and O–H groups in total. The maximum absolute atomic E-state index is 4.59. The average molecular weight is 313 g/mol. The zero-order chi connectivity index (χ0) is 13.3. The Morgan fingerprint density at radius 2 is 2.06 bits per heavy atom. The van der Waals surface area contributed by atoms with Crippen molar-refractivity contribution >= 4 is 21.7 Å². The highest BCUT2D eigenvalue weighted by Crippen LogP contribution is 2.38. The summed E-state index contributed by atoms with van der Waals surface area (Å²) in [7, 11) is 4.18. The van der Waals surface area contributed by atoms with Gasteiger partial charge in [0.25, 0.3) is 0 Å². The van der Waals surface area contributed by atoms with Gasteiger partial charge in [-0.1, -0.05) is 0 Å². The Hall–Kier alpha value is -0.680. The molecule has 1 fully saturated rings. The van der Waals surface area contributed by atoms with Gasteiger partial charge in [-0.05, 0) is 56.7 Å². The minimum Gasteiger partial charge on any atom is -0.368 e. The Labute approximate surface area is 117 Å². The first kappa shape index (κ1) is 13.7. The molecule has 1 saturated carbocycles. The van der Waals surface area contributed by atoms with Crippen LogP contribution in [0.2, 0.25) is 0 Å². The minimum atomic E-state index is 0.0944. The SMILES string of the molecule is CN(C)C(C)(C)CNc1cc(Br)nc(C2CC2)n1. The van der Waals surface area contributed by atoms with Crippen molar-refractivity contribution in [1.82, 2.24) is 14.9 Å². The second kappa shape index (κ2) is 5.13. The lowest BCUT2D eigenvalue weighted by molar-refractivity contribution is 0.210. The first-order valence-corrected chi connectivity index (χ1v) is 7.13. The van der Waals surface area contributed by atoms with Crippen molar-refractivity contribution in [3.63, 3.8) is 0 Å². The number of halogens is 1. The van der Waals surface area contributed by atoms with E-state index in [1.54, 1.807) is 0 Å². The summed E-state index contributed by atoms with van der Waals surface area (Å²) in [5, 5.41) is 3.41. The minimum absolute atomic E-state index is 0.0944. The number of hydrogen-bond donors (Lipinski definition) is 1. The molecule has 0 saturated heterocycles. The fourth-order valence-corrected chi connectivity index (χ4v) is 1.91. The van der Waals surface area contributed by atoms with E-state index < -0.39 is 0 Å². The molecule has 1 aliphatic carbocycles. The van der Waals surface area contributed by atoms with Gasteiger partial charge in [-0.15, -0.1) is 0 Å². The van der Waals surface area contributed by atoms with Gasteiger partial charge in [0.2, 0.25) is 0 Å². The molecule has 18 heavy (non-hydrogen) atoms. The predicted molar refractivity (Wildman–Crippen MR) is 78.0 cm³/mol. The maximum atomic E-state index is 4.59. The third-order valence-electron chi connectivity index (χ3n) is 3.57. The summed E-state index contributed by atoms with van der Waals surface area (Å²) < 4.78 is 0.865. The zero-order valence-electron chi connectivity index (χ0n) is 11.5. The number of nitrogens with one attached hydrogen (secondary N) is 1. The fourth-order valence-electron chi connectivity index (χ4n) is 1.51. The van der Waals surface area contributed by atoms with E-state index in [4.69, 9.17) is 0 Å². The molecule has 0 spiro atoms. The molecule has 5 heteroatoms. The monoisotopic (exact) mass is 312 g/mol. The Kier molecular flexibility index (Phi) is 3.92. The lowest BCUT2D eigenvalue weighted by Crippen LogP contribution is -2.44. The molecule has 0 bridgehead atoms. The fraction of sp³-hybridized carbons (Fsp3) is 0.692. The van der Waals surface area contributed by atoms with Crippen molar-refractivity contribution in [1.29, 1.82) is 0 Å². The summed E-state index contributed by atoms with van der Waals surface area (Å²) >= 11 is 3.46. The highest BCUT2D eigenvalue weighted by atomic mass is 79.9. The van der Waals surface area contributed by atoms with Crippen LogP contribution in [0.25, 0.3) is 0 Å². The summed E-state index contributed by atoms with van der Waals surface area (Å²) in [4.78, 5) is 11.2. The van der Waals surface area contributed by atoms with Crippen LogP contribution < -0.4 is 5.32 Å². The van der Waals surface area contributed by atoms with Crippen LogP contribution in [-0.2, 0) is 0 Å². The number of likely N-dealkylation sites (N-methyl/N-ethyl adjacent to an activating group) is 1. The standard InChI is InChI=1S/C13H21BrN4/c1-13(2,18(3)4)8-15-11-7-10(14)16-12(17-11)9-5-6-9/h7,9H,5-6,8H2,1-4H3,(H,15,16,17). The molecule has 0 aromatic carbocycles. The first-order valence-electron chi connectivity index (χ1n) is 6.34. The summed E-state index contributed by atoms with van der Waals surface area (Å²) in [6, 6.07) is 1.94. The molecule has 1 aromatic heterocycles. The van der Waals surface area contributed by atoms with E-state index in [1.165, 1.54) is 12.8 Å². The van der Waals surface area contributed by atoms with E-state index >= 15 is 0 Å². The van der Waals surface area contributed by atoms with E-state index in [0.717, 1.165) is 22.8 Å². The second-order valence-corrected chi connectivity index (χ2v) is 6.58. The van der Waals surface area contributed by atoms with Gasteiger partial charge in [-0.2, -0.15) is 0 Å². The van der Waals surface area contributed by atoms with E-state index in [1.807, 2.05) is 6.07 Å². The first-order chi connectivity index (χ1) is 8.38. The summed E-state index contributed by atoms with van der Waals surface area (Å²) in [6.45, 7) is 5.27. The average Bonchev–Trinajstić information content (AvgIpc) is 3.09. The molecule has 0 atom stereocenters. The van der Waals surface area contributed by atoms with Gasteiger partial charge in [0, 0.05) is 24.1 Å². The van der Waals surface area contributed by atoms with Crippen molar-refractivity contribution in [2.75, 3.05) is 26.0 Å². The Balaban J connectivity index is 2.05. The molecule has 1 aromatic rings. The van der Waals surface area contributed by atoms with Crippen LogP contribution in [0.3, 0.4) is 0 Å². The van der Waals surface area contributed by atoms with Crippen molar-refractivity contribution in [3.05, 3.63) is 16.5 Å². The van der Waals surface area contributed by atoms with Crippen molar-refractivity contribution in [2.45, 2.75) is 38.1 Å². The molecule has 1 heterocycles. The molecule has 0 radical (unpaired) electrons. The summed E-state index contributed by atoms with van der Waals surface area (Å²) in [6.07, 6.45) is 2.44. The third-order valence-corrected chi connectivity index (χ3v) is 3.97. The van der Waals surface area contributed by atoms with Gasteiger partial charge in [0.15, 0.2) is 0 Å². The van der Waals surface area contributed by atoms with Gasteiger partial charge >= 0.3 is 0 Å². The Morgan fingerprint density at radius 3 is 2.61 bits per heavy atom. The molecule has 2 rings (SSSR count). The topological polar surface area (TPSA) is 41.0 Å². The van der Waals surface area contributed by atoms with E-state index in [0.29, 0.717) is 5.92 Å². The third kappa shape index (κ3) is 3.42. The Morgan fingerprint density at radius 1 is 1.39 bits per heavy atom. The molecule has 100 valence electrons. The largest absolute Gasteiger partial charge is 0.368 e. The Bertz CT molecular complexity index is 427. The second-order valence-electron chi connectivity index (χ2n) is 5.77. The summed E-state index contributed by atoms with van der Waals surface area (Å²) in [5.74, 6) is 2.45. The number of nitrogens with zero attached hydrogens (tertiary/aromatic N) is 3. The van der Waals surface area contributed by atoms with Crippen LogP contribution in [0, 0.1) is 0 Å². The van der Waals surface area contributed by atoms with Crippen LogP contribution in [0.15, 0.2) is 10.7 Å². The molecule has 0 unspecified atom stereocenters. The molecule has 4 nitrogen and oxygen atoms in total. The van der Waals surface area contributed by atoms with Crippen LogP contribution in [0.1, 0.15) is 38.4 Å². The molecule has 0 aliphatic heterocycles. The number of rotatable bonds is 5.